The van der Waals surface area contributed by atoms with E-state index >= 15 is 0 Å². The third kappa shape index (κ3) is 1.99. The SMILES string of the molecule is O=C1CC(c2ccc(Cl)cc2)Nc2nc3ccccc3n21. The van der Waals surface area contributed by atoms with Crippen molar-refractivity contribution >= 4 is 34.5 Å². The Balaban J connectivity index is 1.78. The van der Waals surface area contributed by atoms with Crippen LogP contribution in [-0.2, 0) is 0 Å². The molecule has 0 saturated carbocycles. The van der Waals surface area contributed by atoms with Gasteiger partial charge in [0.1, 0.15) is 0 Å². The molecule has 4 nitrogen and oxygen atoms in total. The molecule has 1 aromatic heterocycles. The van der Waals surface area contributed by atoms with E-state index < -0.39 is 0 Å². The molecule has 104 valence electrons. The average Bonchev–Trinajstić information content (AvgIpc) is 2.86. The van der Waals surface area contributed by atoms with Gasteiger partial charge in [-0.25, -0.2) is 9.55 Å². The maximum atomic E-state index is 12.5. The van der Waals surface area contributed by atoms with Gasteiger partial charge in [-0.05, 0) is 29.8 Å². The largest absolute Gasteiger partial charge is 0.348 e. The molecule has 21 heavy (non-hydrogen) atoms. The van der Waals surface area contributed by atoms with E-state index in [2.05, 4.69) is 10.3 Å². The summed E-state index contributed by atoms with van der Waals surface area (Å²) in [5.41, 5.74) is 2.70. The molecule has 1 aliphatic rings. The Bertz CT molecular complexity index is 838. The number of anilines is 1. The van der Waals surface area contributed by atoms with E-state index in [1.54, 1.807) is 4.57 Å². The van der Waals surface area contributed by atoms with E-state index in [1.165, 1.54) is 0 Å². The number of imidazole rings is 1. The molecule has 5 heteroatoms. The summed E-state index contributed by atoms with van der Waals surface area (Å²) in [4.78, 5) is 17.0. The van der Waals surface area contributed by atoms with Crippen molar-refractivity contribution in [3.05, 3.63) is 59.1 Å². The van der Waals surface area contributed by atoms with E-state index in [1.807, 2.05) is 48.5 Å². The van der Waals surface area contributed by atoms with Crippen LogP contribution in [0.2, 0.25) is 5.02 Å². The van der Waals surface area contributed by atoms with Crippen molar-refractivity contribution in [3.63, 3.8) is 0 Å². The third-order valence-electron chi connectivity index (χ3n) is 3.76. The molecule has 1 unspecified atom stereocenters. The Kier molecular flexibility index (Phi) is 2.72. The number of hydrogen-bond donors (Lipinski definition) is 1. The lowest BCUT2D eigenvalue weighted by atomic mass is 10.0. The highest BCUT2D eigenvalue weighted by atomic mass is 35.5. The first-order chi connectivity index (χ1) is 10.2. The molecular weight excluding hydrogens is 286 g/mol. The highest BCUT2D eigenvalue weighted by Crippen LogP contribution is 2.31. The van der Waals surface area contributed by atoms with E-state index in [-0.39, 0.29) is 11.9 Å². The Morgan fingerprint density at radius 3 is 2.71 bits per heavy atom. The summed E-state index contributed by atoms with van der Waals surface area (Å²) in [6.45, 7) is 0. The van der Waals surface area contributed by atoms with Gasteiger partial charge in [0.15, 0.2) is 0 Å². The monoisotopic (exact) mass is 297 g/mol. The number of aromatic nitrogens is 2. The number of rotatable bonds is 1. The molecule has 2 heterocycles. The van der Waals surface area contributed by atoms with Crippen LogP contribution in [0.15, 0.2) is 48.5 Å². The van der Waals surface area contributed by atoms with Gasteiger partial charge in [0.25, 0.3) is 0 Å². The van der Waals surface area contributed by atoms with E-state index in [0.29, 0.717) is 17.4 Å². The molecule has 0 amide bonds. The number of nitrogens with one attached hydrogen (secondary N) is 1. The Morgan fingerprint density at radius 2 is 1.90 bits per heavy atom. The fraction of sp³-hybridized carbons (Fsp3) is 0.125. The fourth-order valence-corrected chi connectivity index (χ4v) is 2.87. The maximum absolute atomic E-state index is 12.5. The van der Waals surface area contributed by atoms with Crippen LogP contribution in [-0.4, -0.2) is 15.5 Å². The fourth-order valence-electron chi connectivity index (χ4n) is 2.74. The van der Waals surface area contributed by atoms with E-state index in [4.69, 9.17) is 11.6 Å². The minimum atomic E-state index is -0.0703. The maximum Gasteiger partial charge on any atom is 0.236 e. The Labute approximate surface area is 126 Å². The van der Waals surface area contributed by atoms with Crippen LogP contribution in [0.1, 0.15) is 22.8 Å². The zero-order valence-electron chi connectivity index (χ0n) is 11.1. The molecule has 1 N–H and O–H groups in total. The number of carbonyl (C=O) groups excluding carboxylic acids is 1. The summed E-state index contributed by atoms with van der Waals surface area (Å²) in [5, 5.41) is 4.03. The number of nitrogens with zero attached hydrogens (tertiary/aromatic N) is 2. The van der Waals surface area contributed by atoms with Crippen LogP contribution in [0.3, 0.4) is 0 Å². The molecule has 3 aromatic rings. The van der Waals surface area contributed by atoms with E-state index in [9.17, 15) is 4.79 Å². The molecule has 0 saturated heterocycles. The van der Waals surface area contributed by atoms with Crippen LogP contribution < -0.4 is 5.32 Å². The average molecular weight is 298 g/mol. The van der Waals surface area contributed by atoms with Gasteiger partial charge in [-0.1, -0.05) is 35.9 Å². The number of benzene rings is 2. The Morgan fingerprint density at radius 1 is 1.14 bits per heavy atom. The third-order valence-corrected chi connectivity index (χ3v) is 4.02. The molecule has 0 radical (unpaired) electrons. The molecule has 0 fully saturated rings. The molecule has 0 bridgehead atoms. The standard InChI is InChI=1S/C16H12ClN3O/c17-11-7-5-10(6-8-11)13-9-15(21)20-14-4-2-1-3-12(14)18-16(20)19-13/h1-8,13H,9H2,(H,18,19). The summed E-state index contributed by atoms with van der Waals surface area (Å²) in [7, 11) is 0. The summed E-state index contributed by atoms with van der Waals surface area (Å²) >= 11 is 5.91. The number of para-hydroxylation sites is 2. The van der Waals surface area contributed by atoms with Gasteiger partial charge in [-0.15, -0.1) is 0 Å². The molecule has 1 atom stereocenters. The van der Waals surface area contributed by atoms with E-state index in [0.717, 1.165) is 16.6 Å². The van der Waals surface area contributed by atoms with Gasteiger partial charge in [-0.3, -0.25) is 4.79 Å². The van der Waals surface area contributed by atoms with Crippen LogP contribution >= 0.6 is 11.6 Å². The quantitative estimate of drug-likeness (QED) is 0.741. The minimum Gasteiger partial charge on any atom is -0.348 e. The second-order valence-corrected chi connectivity index (χ2v) is 5.54. The summed E-state index contributed by atoms with van der Waals surface area (Å²) in [6, 6.07) is 15.1. The molecular formula is C16H12ClN3O. The van der Waals surface area contributed by atoms with Gasteiger partial charge in [0.2, 0.25) is 11.9 Å². The lowest BCUT2D eigenvalue weighted by molar-refractivity contribution is 0.0893. The minimum absolute atomic E-state index is 0.0531. The molecule has 2 aromatic carbocycles. The van der Waals surface area contributed by atoms with Crippen molar-refractivity contribution in [1.29, 1.82) is 0 Å². The predicted octanol–water partition coefficient (Wildman–Crippen LogP) is 3.89. The first kappa shape index (κ1) is 12.4. The summed E-state index contributed by atoms with van der Waals surface area (Å²) < 4.78 is 1.65. The number of carbonyl (C=O) groups is 1. The van der Waals surface area contributed by atoms with Crippen molar-refractivity contribution < 1.29 is 4.79 Å². The highest BCUT2D eigenvalue weighted by Gasteiger charge is 2.28. The van der Waals surface area contributed by atoms with Crippen molar-refractivity contribution in [2.45, 2.75) is 12.5 Å². The predicted molar refractivity (Wildman–Crippen MR) is 82.8 cm³/mol. The van der Waals surface area contributed by atoms with Crippen LogP contribution in [0, 0.1) is 0 Å². The number of hydrogen-bond acceptors (Lipinski definition) is 3. The van der Waals surface area contributed by atoms with Crippen molar-refractivity contribution in [1.82, 2.24) is 9.55 Å². The zero-order chi connectivity index (χ0) is 14.4. The molecule has 0 spiro atoms. The number of halogens is 1. The van der Waals surface area contributed by atoms with Gasteiger partial charge >= 0.3 is 0 Å². The first-order valence-corrected chi connectivity index (χ1v) is 7.13. The smallest absolute Gasteiger partial charge is 0.236 e. The van der Waals surface area contributed by atoms with Crippen LogP contribution in [0.5, 0.6) is 0 Å². The second-order valence-electron chi connectivity index (χ2n) is 5.11. The van der Waals surface area contributed by atoms with Gasteiger partial charge in [0, 0.05) is 5.02 Å². The van der Waals surface area contributed by atoms with Gasteiger partial charge in [-0.2, -0.15) is 0 Å². The van der Waals surface area contributed by atoms with Crippen LogP contribution in [0.25, 0.3) is 11.0 Å². The molecule has 4 rings (SSSR count). The first-order valence-electron chi connectivity index (χ1n) is 6.75. The summed E-state index contributed by atoms with van der Waals surface area (Å²) in [6.07, 6.45) is 0.398. The van der Waals surface area contributed by atoms with Gasteiger partial charge in [0.05, 0.1) is 23.5 Å². The molecule has 1 aliphatic heterocycles. The number of fused-ring (bicyclic) bond motifs is 3. The zero-order valence-corrected chi connectivity index (χ0v) is 11.8. The lowest BCUT2D eigenvalue weighted by Gasteiger charge is -2.25. The van der Waals surface area contributed by atoms with Crippen molar-refractivity contribution in [2.75, 3.05) is 5.32 Å². The van der Waals surface area contributed by atoms with Gasteiger partial charge < -0.3 is 5.32 Å². The normalized spacial score (nSPS) is 17.6. The van der Waals surface area contributed by atoms with Crippen molar-refractivity contribution in [2.24, 2.45) is 0 Å². The highest BCUT2D eigenvalue weighted by molar-refractivity contribution is 6.30. The lowest BCUT2D eigenvalue weighted by Crippen LogP contribution is -2.27. The Hall–Kier alpha value is -2.33. The summed E-state index contributed by atoms with van der Waals surface area (Å²) in [5.74, 6) is 0.657. The van der Waals surface area contributed by atoms with Crippen LogP contribution in [0.4, 0.5) is 5.95 Å². The molecule has 0 aliphatic carbocycles. The second kappa shape index (κ2) is 4.60. The topological polar surface area (TPSA) is 46.9 Å². The van der Waals surface area contributed by atoms with Crippen molar-refractivity contribution in [3.8, 4) is 0 Å².